The number of fused-ring (bicyclic) bond motifs is 1. The van der Waals surface area contributed by atoms with Crippen LogP contribution in [0, 0.1) is 0 Å². The molecule has 14 heteroatoms. The van der Waals surface area contributed by atoms with Crippen molar-refractivity contribution >= 4 is 78.5 Å². The maximum Gasteiger partial charge on any atom is 0.261 e. The summed E-state index contributed by atoms with van der Waals surface area (Å²) in [5.74, 6) is -0.957. The lowest BCUT2D eigenvalue weighted by Crippen LogP contribution is -2.48. The molecule has 6 amide bonds. The van der Waals surface area contributed by atoms with E-state index in [1.54, 1.807) is 0 Å². The molecule has 0 aromatic heterocycles. The molecule has 15 aliphatic heterocycles. The molecule has 0 aliphatic carbocycles. The number of carbonyl (C=O) groups is 6. The van der Waals surface area contributed by atoms with Crippen LogP contribution in [-0.4, -0.2) is 170 Å². The number of amides is 6. The number of nitrogens with zero attached hydrogens (tertiary/aromatic N) is 6. The zero-order valence-corrected chi connectivity index (χ0v) is 37.4. The van der Waals surface area contributed by atoms with Crippen LogP contribution >= 0.6 is 0 Å². The number of hydrogen-bond acceptors (Lipinski definition) is 10. The second kappa shape index (κ2) is 18.7. The van der Waals surface area contributed by atoms with E-state index in [9.17, 15) is 28.8 Å². The van der Waals surface area contributed by atoms with Gasteiger partial charge in [0.2, 0.25) is 11.8 Å². The fourth-order valence-corrected chi connectivity index (χ4v) is 11.1. The van der Waals surface area contributed by atoms with Crippen LogP contribution in [-0.2, 0) is 9.59 Å². The van der Waals surface area contributed by atoms with Crippen LogP contribution in [0.5, 0.6) is 0 Å². The summed E-state index contributed by atoms with van der Waals surface area (Å²) >= 11 is 0. The van der Waals surface area contributed by atoms with Gasteiger partial charge in [-0.2, -0.15) is 0 Å². The van der Waals surface area contributed by atoms with Gasteiger partial charge in [-0.25, -0.2) is 0 Å². The summed E-state index contributed by atoms with van der Waals surface area (Å²) in [6.45, 7) is 12.8. The molecule has 20 rings (SSSR count). The van der Waals surface area contributed by atoms with E-state index < -0.39 is 0 Å². The molecule has 0 radical (unpaired) electrons. The van der Waals surface area contributed by atoms with Crippen LogP contribution in [0.4, 0.5) is 0 Å². The number of carbonyl (C=O) groups excluding carboxylic acids is 6. The number of rotatable bonds is 0. The van der Waals surface area contributed by atoms with Crippen molar-refractivity contribution in [3.05, 3.63) is 70.8 Å². The van der Waals surface area contributed by atoms with Crippen molar-refractivity contribution in [2.45, 2.75) is 57.8 Å². The predicted octanol–water partition coefficient (Wildman–Crippen LogP) is 4.92. The highest BCUT2D eigenvalue weighted by Gasteiger charge is 2.37. The van der Waals surface area contributed by atoms with Crippen LogP contribution < -0.4 is 10.6 Å². The first kappa shape index (κ1) is 43.4. The molecule has 14 nitrogen and oxygen atoms in total. The summed E-state index contributed by atoms with van der Waals surface area (Å²) in [5.41, 5.74) is 2.08. The third-order valence-electron chi connectivity index (χ3n) is 14.7. The predicted molar refractivity (Wildman–Crippen MR) is 252 cm³/mol. The van der Waals surface area contributed by atoms with E-state index in [0.29, 0.717) is 84.9 Å². The van der Waals surface area contributed by atoms with Gasteiger partial charge in [-0.15, -0.1) is 0 Å². The Morgan fingerprint density at radius 1 is 0.308 bits per heavy atom. The first-order chi connectivity index (χ1) is 31.7. The minimum Gasteiger partial charge on any atom is -0.356 e. The molecule has 340 valence electrons. The molecule has 18 bridgehead atoms. The first-order valence-electron chi connectivity index (χ1n) is 24.1. The van der Waals surface area contributed by atoms with E-state index in [2.05, 4.69) is 30.2 Å². The molecule has 2 N–H and O–H groups in total. The zero-order chi connectivity index (χ0) is 44.6. The van der Waals surface area contributed by atoms with Gasteiger partial charge in [-0.05, 0) is 121 Å². The third-order valence-corrected chi connectivity index (χ3v) is 14.7. The Bertz CT molecular complexity index is 2380. The van der Waals surface area contributed by atoms with Gasteiger partial charge in [0.25, 0.3) is 23.6 Å². The standard InChI is InChI=1S/C51H60N8O6/c60-42-8-2-1-3-9-43(61)53-19-5-21-55-28-32-57(33-29-55)23-7-25-59-50(64)40-16-12-36-34-10-14-38-46-39(15-11-35(44(34)46)37-13-17-41(51(59)65)47(40)45(36)37)49(63)58(48(38)62)24-6-22-56-30-26-54(27-31-56)20-4-18-52-42/h10-17H,1-9,18-33H2,(H,52,60)(H,53,61). The Kier molecular flexibility index (Phi) is 12.5. The summed E-state index contributed by atoms with van der Waals surface area (Å²) in [6.07, 6.45) is 6.51. The molecule has 0 saturated carbocycles. The zero-order valence-electron chi connectivity index (χ0n) is 37.4. The van der Waals surface area contributed by atoms with Crippen molar-refractivity contribution < 1.29 is 28.8 Å². The van der Waals surface area contributed by atoms with Crippen LogP contribution in [0.25, 0.3) is 43.1 Å². The highest BCUT2D eigenvalue weighted by Crippen LogP contribution is 2.46. The number of benzene rings is 5. The SMILES string of the molecule is O=C1CCCCCC(=O)NCCCN2CCN(CCCN3C(=O)c4ccc5c6ccc7c8c(ccc(c9ccc(c4c59)C3=O)c86)C(=O)N(CCCN3CCN(CCCN1)CC3)C7=O)CC2. The Morgan fingerprint density at radius 3 is 0.938 bits per heavy atom. The first-order valence-corrected chi connectivity index (χ1v) is 24.1. The van der Waals surface area contributed by atoms with Gasteiger partial charge in [0.05, 0.1) is 0 Å². The lowest BCUT2D eigenvalue weighted by molar-refractivity contribution is -0.121. The second-order valence-electron chi connectivity index (χ2n) is 18.7. The van der Waals surface area contributed by atoms with E-state index in [4.69, 9.17) is 0 Å². The van der Waals surface area contributed by atoms with E-state index in [0.717, 1.165) is 143 Å². The van der Waals surface area contributed by atoms with Crippen LogP contribution in [0.2, 0.25) is 0 Å². The van der Waals surface area contributed by atoms with Gasteiger partial charge >= 0.3 is 0 Å². The molecule has 65 heavy (non-hydrogen) atoms. The normalized spacial score (nSPS) is 25.3. The summed E-state index contributed by atoms with van der Waals surface area (Å²) < 4.78 is 0. The van der Waals surface area contributed by atoms with Gasteiger partial charge in [0, 0.05) is 124 Å². The molecule has 2 fully saturated rings. The maximum absolute atomic E-state index is 14.2. The molecule has 15 heterocycles. The average molecular weight is 881 g/mol. The number of hydrogen-bond donors (Lipinski definition) is 2. The van der Waals surface area contributed by atoms with Crippen molar-refractivity contribution in [2.24, 2.45) is 0 Å². The fourth-order valence-electron chi connectivity index (χ4n) is 11.1. The molecule has 0 atom stereocenters. The van der Waals surface area contributed by atoms with Crippen molar-refractivity contribution in [1.29, 1.82) is 0 Å². The molecule has 5 aromatic rings. The summed E-state index contributed by atoms with van der Waals surface area (Å²) in [7, 11) is 0. The summed E-state index contributed by atoms with van der Waals surface area (Å²) in [5, 5.41) is 12.7. The smallest absolute Gasteiger partial charge is 0.261 e. The quantitative estimate of drug-likeness (QED) is 0.125. The molecule has 0 unspecified atom stereocenters. The van der Waals surface area contributed by atoms with Gasteiger partial charge in [-0.1, -0.05) is 30.7 Å². The number of piperazine rings is 2. The van der Waals surface area contributed by atoms with Crippen molar-refractivity contribution in [1.82, 2.24) is 40.0 Å². The van der Waals surface area contributed by atoms with Gasteiger partial charge < -0.3 is 30.2 Å². The lowest BCUT2D eigenvalue weighted by atomic mass is 9.82. The van der Waals surface area contributed by atoms with Crippen LogP contribution in [0.1, 0.15) is 99.2 Å². The monoisotopic (exact) mass is 880 g/mol. The molecular formula is C51H60N8O6. The van der Waals surface area contributed by atoms with Crippen molar-refractivity contribution in [3.8, 4) is 0 Å². The molecule has 2 saturated heterocycles. The van der Waals surface area contributed by atoms with Gasteiger partial charge in [0.15, 0.2) is 0 Å². The highest BCUT2D eigenvalue weighted by molar-refractivity contribution is 6.41. The van der Waals surface area contributed by atoms with E-state index >= 15 is 0 Å². The lowest BCUT2D eigenvalue weighted by Gasteiger charge is -2.35. The van der Waals surface area contributed by atoms with E-state index in [-0.39, 0.29) is 35.4 Å². The van der Waals surface area contributed by atoms with Crippen LogP contribution in [0.15, 0.2) is 48.5 Å². The number of imide groups is 2. The second-order valence-corrected chi connectivity index (χ2v) is 18.7. The number of nitrogens with one attached hydrogen (secondary N) is 2. The Labute approximate surface area is 379 Å². The maximum atomic E-state index is 14.2. The molecule has 15 aliphatic rings. The fraction of sp³-hybridized carbons (Fsp3) is 0.490. The van der Waals surface area contributed by atoms with Crippen molar-refractivity contribution in [2.75, 3.05) is 105 Å². The van der Waals surface area contributed by atoms with Crippen molar-refractivity contribution in [3.63, 3.8) is 0 Å². The Hall–Kier alpha value is -5.54. The van der Waals surface area contributed by atoms with E-state index in [1.165, 1.54) is 9.80 Å². The minimum absolute atomic E-state index is 0.0731. The molecule has 5 aromatic carbocycles. The topological polar surface area (TPSA) is 146 Å². The molecular weight excluding hydrogens is 821 g/mol. The van der Waals surface area contributed by atoms with E-state index in [1.807, 2.05) is 48.5 Å². The summed E-state index contributed by atoms with van der Waals surface area (Å²) in [6, 6.07) is 15.3. The Balaban J connectivity index is 0.861. The molecule has 0 spiro atoms. The van der Waals surface area contributed by atoms with Crippen LogP contribution in [0.3, 0.4) is 0 Å². The highest BCUT2D eigenvalue weighted by atomic mass is 16.2. The average Bonchev–Trinajstić information content (AvgIpc) is 3.32. The Morgan fingerprint density at radius 2 is 0.615 bits per heavy atom. The third kappa shape index (κ3) is 8.46. The van der Waals surface area contributed by atoms with Gasteiger partial charge in [0.1, 0.15) is 0 Å². The largest absolute Gasteiger partial charge is 0.356 e. The summed E-state index contributed by atoms with van der Waals surface area (Å²) in [4.78, 5) is 94.1. The van der Waals surface area contributed by atoms with Gasteiger partial charge in [-0.3, -0.25) is 38.6 Å². The minimum atomic E-state index is -0.276.